The van der Waals surface area contributed by atoms with Crippen molar-refractivity contribution in [3.05, 3.63) is 137 Å². The van der Waals surface area contributed by atoms with Gasteiger partial charge in [0.05, 0.1) is 11.9 Å². The van der Waals surface area contributed by atoms with Crippen LogP contribution in [0.2, 0.25) is 0 Å². The van der Waals surface area contributed by atoms with Crippen LogP contribution in [-0.2, 0) is 68.8 Å². The summed E-state index contributed by atoms with van der Waals surface area (Å²) in [6.45, 7) is 4.00. The summed E-state index contributed by atoms with van der Waals surface area (Å²) in [6.07, 6.45) is 5.06. The second-order valence-corrected chi connectivity index (χ2v) is 26.1. The molecule has 0 radical (unpaired) electrons. The van der Waals surface area contributed by atoms with Gasteiger partial charge in [-0.3, -0.25) is 43.2 Å². The Bertz CT molecular complexity index is 3610. The number of amides is 9. The van der Waals surface area contributed by atoms with Gasteiger partial charge in [0.1, 0.15) is 54.1 Å². The van der Waals surface area contributed by atoms with Crippen LogP contribution in [0.3, 0.4) is 0 Å². The highest BCUT2D eigenvalue weighted by atomic mass is 32.2. The van der Waals surface area contributed by atoms with Gasteiger partial charge in [-0.15, -0.1) is 0 Å². The van der Waals surface area contributed by atoms with Gasteiger partial charge >= 0.3 is 0 Å². The van der Waals surface area contributed by atoms with Crippen LogP contribution in [-0.4, -0.2) is 182 Å². The molecule has 1 aliphatic heterocycles. The fraction of sp³-hybridized carbons (Fsp3) is 0.448. The number of piperidine rings is 1. The van der Waals surface area contributed by atoms with Crippen LogP contribution >= 0.6 is 37.0 Å². The van der Waals surface area contributed by atoms with Crippen LogP contribution in [0.15, 0.2) is 109 Å². The zero-order valence-corrected chi connectivity index (χ0v) is 55.5. The molecular formula is C67H87N13O11S3. The Balaban J connectivity index is 0.967. The monoisotopic (exact) mass is 1350 g/mol. The number of phenolic OH excluding ortho intramolecular Hbond substituents is 1. The van der Waals surface area contributed by atoms with Crippen LogP contribution in [0, 0.1) is 5.92 Å². The van der Waals surface area contributed by atoms with Crippen molar-refractivity contribution >= 4 is 112 Å². The van der Waals surface area contributed by atoms with Crippen molar-refractivity contribution in [3.8, 4) is 5.75 Å². The Morgan fingerprint density at radius 1 is 0.638 bits per heavy atom. The third kappa shape index (κ3) is 19.1. The minimum Gasteiger partial charge on any atom is -0.508 e. The number of likely N-dealkylation sites (tertiary alicyclic amines) is 1. The lowest BCUT2D eigenvalue weighted by Crippen LogP contribution is -2.61. The second kappa shape index (κ2) is 34.4. The summed E-state index contributed by atoms with van der Waals surface area (Å²) in [5, 5.41) is 43.8. The van der Waals surface area contributed by atoms with E-state index in [9.17, 15) is 48.6 Å². The number of unbranched alkanes of at least 4 members (excludes halogenated alkanes) is 1. The Kier molecular flexibility index (Phi) is 26.2. The molecular weight excluding hydrogens is 1260 g/mol. The minimum absolute atomic E-state index is 0.0173. The fourth-order valence-corrected chi connectivity index (χ4v) is 13.9. The number of hydrogen-bond donors (Lipinski definition) is 16. The van der Waals surface area contributed by atoms with E-state index in [4.69, 9.17) is 11.5 Å². The van der Waals surface area contributed by atoms with E-state index in [0.717, 1.165) is 47.1 Å². The number of thioether (sulfide) groups is 1. The first-order valence-corrected chi connectivity index (χ1v) is 34.2. The smallest absolute Gasteiger partial charge is 0.244 e. The largest absolute Gasteiger partial charge is 0.508 e. The maximum absolute atomic E-state index is 15.0. The zero-order valence-electron chi connectivity index (χ0n) is 52.9. The Morgan fingerprint density at radius 2 is 1.18 bits per heavy atom. The highest BCUT2D eigenvalue weighted by molar-refractivity contribution is 7.99. The molecule has 4 aromatic carbocycles. The maximum Gasteiger partial charge on any atom is 0.244 e. The third-order valence-electron chi connectivity index (χ3n) is 17.4. The molecule has 94 heavy (non-hydrogen) atoms. The topological polar surface area (TPSA) is 377 Å². The first kappa shape index (κ1) is 71.8. The summed E-state index contributed by atoms with van der Waals surface area (Å²) in [5.74, 6) is -6.01. The number of nitrogens with one attached hydrogen (secondary N) is 10. The number of carbonyl (C=O) groups is 9. The number of phenols is 1. The number of thiol groups is 2. The van der Waals surface area contributed by atoms with Crippen LogP contribution in [0.1, 0.15) is 79.7 Å². The number of primary amides is 1. The molecule has 27 heteroatoms. The summed E-state index contributed by atoms with van der Waals surface area (Å²) in [5.41, 5.74) is 17.6. The Hall–Kier alpha value is -8.08. The van der Waals surface area contributed by atoms with E-state index in [2.05, 4.69) is 114 Å². The van der Waals surface area contributed by atoms with Gasteiger partial charge in [-0.1, -0.05) is 79.7 Å². The number of H-pyrrole nitrogens is 2. The predicted octanol–water partition coefficient (Wildman–Crippen LogP) is 1.92. The average Bonchev–Trinajstić information content (AvgIpc) is 1.44. The van der Waals surface area contributed by atoms with Crippen molar-refractivity contribution in [2.24, 2.45) is 17.4 Å². The quantitative estimate of drug-likeness (QED) is 0.0203. The molecule has 12 atom stereocenters. The van der Waals surface area contributed by atoms with Crippen molar-refractivity contribution in [2.75, 3.05) is 43.1 Å². The number of aromatic hydroxyl groups is 1. The molecule has 0 saturated carbocycles. The normalized spacial score (nSPS) is 18.1. The molecule has 3 heterocycles. The highest BCUT2D eigenvalue weighted by Crippen LogP contribution is 2.45. The van der Waals surface area contributed by atoms with Gasteiger partial charge in [0.15, 0.2) is 0 Å². The Labute approximate surface area is 561 Å². The lowest BCUT2D eigenvalue weighted by molar-refractivity contribution is -0.135. The van der Waals surface area contributed by atoms with Crippen LogP contribution in [0.4, 0.5) is 0 Å². The lowest BCUT2D eigenvalue weighted by atomic mass is 9.73. The van der Waals surface area contributed by atoms with Crippen molar-refractivity contribution in [3.63, 3.8) is 0 Å². The average molecular weight is 1350 g/mol. The number of benzene rings is 4. The number of nitrogens with two attached hydrogens (primary N) is 2. The standard InChI is InChI=1S/C67H87N13O11S3/c1-4-47(61(85)77-55(34-93)67(91)79-59(37(2)81)60(69)84)73-62(86)50(18-10-11-24-68)74-65(89)53(28-41-30-70-48-17-9-8-15-44(41)48)76-64(88)52(27-39-20-22-43(82)23-21-39)75-66(90)54(33-92)78-63(87)51(26-38-13-6-5-7-14-38)72-57(83)36-94-35-40-25-46-45-16-12-19-49-58(45)42(31-71-49)29-56(46)80(3)32-40/h5-9,12-17,19-23,30-31,37,40,46-47,50-56,59,70-71,81-82,92-93H,4,10-11,18,24-29,32-36,68H2,1-3H3,(H2,69,84)(H,72,83)(H,73,86)(H,74,89)(H,75,90)(H,76,88)(H,77,85)(H,78,87)(H,79,91)/t37-,40-,46-,47+,50+,51-,52+,53-,54+,55+,56-,59+/m1/s1. The van der Waals surface area contributed by atoms with E-state index in [-0.39, 0.29) is 67.6 Å². The number of carbonyl (C=O) groups excluding carboxylic acids is 9. The molecule has 1 saturated heterocycles. The van der Waals surface area contributed by atoms with Gasteiger partial charge < -0.3 is 79.1 Å². The molecule has 24 nitrogen and oxygen atoms in total. The number of aromatic amines is 2. The maximum atomic E-state index is 15.0. The SMILES string of the molecule is CC[C@H](NC(=O)[C@H](CCCCN)NC(=O)[C@@H](Cc1c[nH]c2ccccc12)NC(=O)[C@H](Cc1ccc(O)cc1)NC(=O)[C@H](CS)NC(=O)[C@@H](Cc1ccccc1)NC(=O)CSC[C@@H]1C[C@@H]2c3cccc4[nH]cc(c34)C[C@H]2N(C)C1)C(=O)N[C@@H](CS)C(=O)N[C@H](C(N)=O)[C@@H](C)O. The van der Waals surface area contributed by atoms with E-state index in [1.165, 1.54) is 47.3 Å². The third-order valence-corrected chi connectivity index (χ3v) is 19.3. The van der Waals surface area contributed by atoms with E-state index in [1.54, 1.807) is 31.3 Å². The number of aliphatic hydroxyl groups is 1. The van der Waals surface area contributed by atoms with E-state index < -0.39 is 102 Å². The molecule has 16 N–H and O–H groups in total. The number of likely N-dealkylation sites (N-methyl/N-ethyl adjacent to an activating group) is 1. The number of fused-ring (bicyclic) bond motifs is 3. The zero-order chi connectivity index (χ0) is 67.6. The lowest BCUT2D eigenvalue weighted by Gasteiger charge is -2.45. The molecule has 6 aromatic rings. The van der Waals surface area contributed by atoms with Crippen LogP contribution < -0.4 is 54.0 Å². The Morgan fingerprint density at radius 3 is 1.82 bits per heavy atom. The highest BCUT2D eigenvalue weighted by Gasteiger charge is 2.40. The first-order valence-electron chi connectivity index (χ1n) is 31.7. The molecule has 9 amide bonds. The molecule has 0 spiro atoms. The molecule has 1 fully saturated rings. The van der Waals surface area contributed by atoms with Gasteiger partial charge in [0.25, 0.3) is 0 Å². The van der Waals surface area contributed by atoms with Gasteiger partial charge in [0, 0.05) is 83.5 Å². The molecule has 0 bridgehead atoms. The number of para-hydroxylation sites is 1. The number of rotatable bonds is 34. The minimum atomic E-state index is -1.47. The fourth-order valence-electron chi connectivity index (χ4n) is 12.4. The summed E-state index contributed by atoms with van der Waals surface area (Å²) >= 11 is 10.2. The number of aromatic nitrogens is 2. The summed E-state index contributed by atoms with van der Waals surface area (Å²) in [4.78, 5) is 135. The number of nitrogens with zero attached hydrogens (tertiary/aromatic N) is 1. The van der Waals surface area contributed by atoms with Crippen molar-refractivity contribution in [1.82, 2.24) is 57.4 Å². The van der Waals surface area contributed by atoms with Crippen LogP contribution in [0.5, 0.6) is 5.75 Å². The predicted molar refractivity (Wildman–Crippen MR) is 368 cm³/mol. The molecule has 1 aliphatic carbocycles. The summed E-state index contributed by atoms with van der Waals surface area (Å²) in [6, 6.07) is 18.5. The van der Waals surface area contributed by atoms with Crippen molar-refractivity contribution < 1.29 is 53.4 Å². The summed E-state index contributed by atoms with van der Waals surface area (Å²) < 4.78 is 0. The number of hydrogen-bond acceptors (Lipinski definition) is 16. The molecule has 0 unspecified atom stereocenters. The van der Waals surface area contributed by atoms with E-state index in [0.29, 0.717) is 41.8 Å². The van der Waals surface area contributed by atoms with E-state index in [1.807, 2.05) is 48.5 Å². The first-order chi connectivity index (χ1) is 45.2. The molecule has 2 aliphatic rings. The number of aliphatic hydroxyl groups excluding tert-OH is 1. The molecule has 8 rings (SSSR count). The second-order valence-electron chi connectivity index (χ2n) is 24.3. The van der Waals surface area contributed by atoms with Gasteiger partial charge in [-0.05, 0) is 123 Å². The van der Waals surface area contributed by atoms with Crippen LogP contribution in [0.25, 0.3) is 21.8 Å². The van der Waals surface area contributed by atoms with E-state index >= 15 is 4.79 Å². The molecule has 504 valence electrons. The van der Waals surface area contributed by atoms with Crippen molar-refractivity contribution in [2.45, 2.75) is 138 Å². The van der Waals surface area contributed by atoms with Gasteiger partial charge in [0.2, 0.25) is 53.2 Å². The molecule has 2 aromatic heterocycles. The van der Waals surface area contributed by atoms with Gasteiger partial charge in [-0.25, -0.2) is 0 Å². The van der Waals surface area contributed by atoms with Gasteiger partial charge in [-0.2, -0.15) is 37.0 Å². The summed E-state index contributed by atoms with van der Waals surface area (Å²) in [7, 11) is 2.17. The van der Waals surface area contributed by atoms with Crippen molar-refractivity contribution in [1.29, 1.82) is 0 Å².